The Kier molecular flexibility index (Phi) is 4.86. The van der Waals surface area contributed by atoms with Crippen LogP contribution in [0.5, 0.6) is 5.75 Å². The molecule has 0 bridgehead atoms. The number of hydrogen-bond acceptors (Lipinski definition) is 4. The summed E-state index contributed by atoms with van der Waals surface area (Å²) in [4.78, 5) is 16.1. The van der Waals surface area contributed by atoms with Gasteiger partial charge in [-0.2, -0.15) is 0 Å². The van der Waals surface area contributed by atoms with E-state index in [9.17, 15) is 4.79 Å². The van der Waals surface area contributed by atoms with Crippen LogP contribution in [0.25, 0.3) is 21.8 Å². The van der Waals surface area contributed by atoms with Crippen molar-refractivity contribution in [2.45, 2.75) is 26.4 Å². The number of benzene rings is 2. The minimum absolute atomic E-state index is 0.190. The van der Waals surface area contributed by atoms with Crippen LogP contribution in [0.2, 0.25) is 5.02 Å². The van der Waals surface area contributed by atoms with Gasteiger partial charge >= 0.3 is 5.97 Å². The highest BCUT2D eigenvalue weighted by Gasteiger charge is 2.10. The second-order valence-electron chi connectivity index (χ2n) is 5.57. The van der Waals surface area contributed by atoms with E-state index < -0.39 is 0 Å². The maximum absolute atomic E-state index is 11.5. The van der Waals surface area contributed by atoms with Crippen molar-refractivity contribution in [2.75, 3.05) is 7.11 Å². The van der Waals surface area contributed by atoms with Crippen molar-refractivity contribution < 1.29 is 14.3 Å². The lowest BCUT2D eigenvalue weighted by Crippen LogP contribution is -2.03. The van der Waals surface area contributed by atoms with E-state index in [1.165, 1.54) is 0 Å². The number of fused-ring (bicyclic) bond motifs is 2. The van der Waals surface area contributed by atoms with Crippen LogP contribution in [0.3, 0.4) is 0 Å². The van der Waals surface area contributed by atoms with Crippen LogP contribution in [0.15, 0.2) is 36.4 Å². The van der Waals surface area contributed by atoms with E-state index in [0.29, 0.717) is 11.4 Å². The summed E-state index contributed by atoms with van der Waals surface area (Å²) in [5.41, 5.74) is 2.51. The van der Waals surface area contributed by atoms with Crippen molar-refractivity contribution >= 4 is 39.4 Å². The predicted molar refractivity (Wildman–Crippen MR) is 95.5 cm³/mol. The highest BCUT2D eigenvalue weighted by Crippen LogP contribution is 2.33. The first-order valence-electron chi connectivity index (χ1n) is 7.84. The first-order chi connectivity index (χ1) is 11.6. The molecule has 0 unspecified atom stereocenters. The van der Waals surface area contributed by atoms with Crippen LogP contribution in [0.4, 0.5) is 0 Å². The van der Waals surface area contributed by atoms with Gasteiger partial charge in [-0.25, -0.2) is 4.98 Å². The Hall–Kier alpha value is -2.33. The molecule has 0 saturated carbocycles. The minimum atomic E-state index is -0.190. The fraction of sp³-hybridized carbons (Fsp3) is 0.263. The number of halogens is 1. The van der Waals surface area contributed by atoms with E-state index in [1.807, 2.05) is 43.3 Å². The summed E-state index contributed by atoms with van der Waals surface area (Å²) >= 11 is 6.58. The molecule has 3 aromatic rings. The van der Waals surface area contributed by atoms with E-state index in [-0.39, 0.29) is 12.6 Å². The number of methoxy groups -OCH3 is 1. The normalized spacial score (nSPS) is 11.0. The quantitative estimate of drug-likeness (QED) is 0.488. The highest BCUT2D eigenvalue weighted by molar-refractivity contribution is 6.40. The molecule has 0 aliphatic heterocycles. The molecule has 5 heteroatoms. The first-order valence-corrected chi connectivity index (χ1v) is 8.21. The van der Waals surface area contributed by atoms with Gasteiger partial charge in [-0.1, -0.05) is 24.6 Å². The summed E-state index contributed by atoms with van der Waals surface area (Å²) in [6.45, 7) is 2.18. The van der Waals surface area contributed by atoms with Crippen LogP contribution < -0.4 is 4.74 Å². The Balaban J connectivity index is 2.00. The monoisotopic (exact) mass is 343 g/mol. The summed E-state index contributed by atoms with van der Waals surface area (Å²) in [5, 5.41) is 2.29. The molecule has 4 nitrogen and oxygen atoms in total. The van der Waals surface area contributed by atoms with E-state index in [2.05, 4.69) is 4.98 Å². The number of hydrogen-bond donors (Lipinski definition) is 0. The molecule has 24 heavy (non-hydrogen) atoms. The Morgan fingerprint density at radius 2 is 1.83 bits per heavy atom. The van der Waals surface area contributed by atoms with Gasteiger partial charge in [0.05, 0.1) is 23.2 Å². The number of carbonyl (C=O) groups is 1. The van der Waals surface area contributed by atoms with Crippen molar-refractivity contribution in [2.24, 2.45) is 0 Å². The van der Waals surface area contributed by atoms with Gasteiger partial charge in [0.25, 0.3) is 0 Å². The zero-order valence-electron chi connectivity index (χ0n) is 13.6. The first kappa shape index (κ1) is 16.5. The van der Waals surface area contributed by atoms with Gasteiger partial charge in [0.15, 0.2) is 0 Å². The second kappa shape index (κ2) is 7.05. The topological polar surface area (TPSA) is 48.4 Å². The van der Waals surface area contributed by atoms with Crippen molar-refractivity contribution in [1.82, 2.24) is 4.98 Å². The summed E-state index contributed by atoms with van der Waals surface area (Å²) in [6, 6.07) is 11.3. The predicted octanol–water partition coefficient (Wildman–Crippen LogP) is 4.89. The lowest BCUT2D eigenvalue weighted by molar-refractivity contribution is -0.144. The van der Waals surface area contributed by atoms with Crippen molar-refractivity contribution in [3.63, 3.8) is 0 Å². The number of esters is 1. The number of carbonyl (C=O) groups excluding carboxylic acids is 1. The van der Waals surface area contributed by atoms with E-state index in [4.69, 9.17) is 21.1 Å². The number of rotatable bonds is 5. The smallest absolute Gasteiger partial charge is 0.306 e. The number of aromatic nitrogens is 1. The summed E-state index contributed by atoms with van der Waals surface area (Å²) in [6.07, 6.45) is 1.21. The Morgan fingerprint density at radius 3 is 2.54 bits per heavy atom. The van der Waals surface area contributed by atoms with E-state index in [0.717, 1.165) is 39.5 Å². The molecule has 0 spiro atoms. The molecule has 124 valence electrons. The lowest BCUT2D eigenvalue weighted by atomic mass is 10.1. The zero-order chi connectivity index (χ0) is 17.1. The van der Waals surface area contributed by atoms with Gasteiger partial charge in [-0.05, 0) is 42.3 Å². The van der Waals surface area contributed by atoms with Gasteiger partial charge in [0.2, 0.25) is 0 Å². The average Bonchev–Trinajstić information content (AvgIpc) is 2.60. The molecule has 0 aliphatic carbocycles. The molecule has 0 amide bonds. The van der Waals surface area contributed by atoms with Crippen LogP contribution in [0, 0.1) is 0 Å². The maximum atomic E-state index is 11.5. The molecular weight excluding hydrogens is 326 g/mol. The third kappa shape index (κ3) is 3.29. The van der Waals surface area contributed by atoms with Gasteiger partial charge < -0.3 is 9.47 Å². The van der Waals surface area contributed by atoms with Gasteiger partial charge in [0, 0.05) is 17.2 Å². The van der Waals surface area contributed by atoms with Crippen LogP contribution in [-0.4, -0.2) is 18.1 Å². The molecule has 0 fully saturated rings. The third-order valence-electron chi connectivity index (χ3n) is 3.83. The van der Waals surface area contributed by atoms with Crippen molar-refractivity contribution in [1.29, 1.82) is 0 Å². The fourth-order valence-electron chi connectivity index (χ4n) is 2.58. The molecule has 3 rings (SSSR count). The number of ether oxygens (including phenoxy) is 2. The van der Waals surface area contributed by atoms with Crippen molar-refractivity contribution in [3.05, 3.63) is 47.0 Å². The third-order valence-corrected chi connectivity index (χ3v) is 4.24. The van der Waals surface area contributed by atoms with Gasteiger partial charge in [0.1, 0.15) is 12.4 Å². The fourth-order valence-corrected chi connectivity index (χ4v) is 2.88. The molecule has 0 saturated heterocycles. The zero-order valence-corrected chi connectivity index (χ0v) is 14.4. The second-order valence-corrected chi connectivity index (χ2v) is 5.95. The maximum Gasteiger partial charge on any atom is 0.306 e. The molecular formula is C19H18ClNO3. The standard InChI is InChI=1S/C19H18ClNO3/c1-3-4-18(22)24-11-12-5-7-16-14(9-12)19(20)15-10-13(23-2)6-8-17(15)21-16/h5-10H,3-4,11H2,1-2H3. The molecule has 0 atom stereocenters. The molecule has 1 aromatic heterocycles. The molecule has 0 aliphatic rings. The molecule has 1 heterocycles. The summed E-state index contributed by atoms with van der Waals surface area (Å²) in [5.74, 6) is 0.542. The summed E-state index contributed by atoms with van der Waals surface area (Å²) < 4.78 is 10.5. The summed E-state index contributed by atoms with van der Waals surface area (Å²) in [7, 11) is 1.62. The lowest BCUT2D eigenvalue weighted by Gasteiger charge is -2.09. The molecule has 0 N–H and O–H groups in total. The minimum Gasteiger partial charge on any atom is -0.497 e. The number of nitrogens with zero attached hydrogens (tertiary/aromatic N) is 1. The van der Waals surface area contributed by atoms with Gasteiger partial charge in [-0.15, -0.1) is 0 Å². The Morgan fingerprint density at radius 1 is 1.12 bits per heavy atom. The van der Waals surface area contributed by atoms with Gasteiger partial charge in [-0.3, -0.25) is 4.79 Å². The number of pyridine rings is 1. The Labute approximate surface area is 145 Å². The molecule has 2 aromatic carbocycles. The Bertz CT molecular complexity index is 908. The van der Waals surface area contributed by atoms with Crippen LogP contribution >= 0.6 is 11.6 Å². The van der Waals surface area contributed by atoms with Crippen LogP contribution in [0.1, 0.15) is 25.3 Å². The van der Waals surface area contributed by atoms with E-state index in [1.54, 1.807) is 7.11 Å². The van der Waals surface area contributed by atoms with Crippen LogP contribution in [-0.2, 0) is 16.1 Å². The SMILES string of the molecule is CCCC(=O)OCc1ccc2nc3ccc(OC)cc3c(Cl)c2c1. The van der Waals surface area contributed by atoms with Crippen molar-refractivity contribution in [3.8, 4) is 5.75 Å². The highest BCUT2D eigenvalue weighted by atomic mass is 35.5. The average molecular weight is 344 g/mol. The van der Waals surface area contributed by atoms with E-state index >= 15 is 0 Å². The largest absolute Gasteiger partial charge is 0.497 e. The molecule has 0 radical (unpaired) electrons.